The summed E-state index contributed by atoms with van der Waals surface area (Å²) in [4.78, 5) is 4.03. The molecule has 0 aliphatic rings. The average Bonchev–Trinajstić information content (AvgIpc) is 2.59. The van der Waals surface area contributed by atoms with Crippen LogP contribution >= 0.6 is 23.2 Å². The molecule has 2 aromatic rings. The van der Waals surface area contributed by atoms with Gasteiger partial charge in [0.1, 0.15) is 0 Å². The molecule has 0 fully saturated rings. The van der Waals surface area contributed by atoms with E-state index in [-0.39, 0.29) is 0 Å². The molecule has 2 rings (SSSR count). The van der Waals surface area contributed by atoms with Gasteiger partial charge < -0.3 is 5.73 Å². The van der Waals surface area contributed by atoms with Crippen LogP contribution in [0.2, 0.25) is 10.0 Å². The predicted octanol–water partition coefficient (Wildman–Crippen LogP) is 2.96. The zero-order valence-corrected chi connectivity index (χ0v) is 10.6. The third kappa shape index (κ3) is 2.78. The van der Waals surface area contributed by atoms with Gasteiger partial charge in [-0.15, -0.1) is 0 Å². The van der Waals surface area contributed by atoms with Crippen LogP contribution in [0, 0.1) is 6.92 Å². The molecule has 1 aromatic carbocycles. The minimum absolute atomic E-state index is 0.330. The van der Waals surface area contributed by atoms with Crippen molar-refractivity contribution in [2.24, 2.45) is 5.10 Å². The first-order valence-electron chi connectivity index (χ1n) is 4.87. The van der Waals surface area contributed by atoms with Crippen molar-refractivity contribution in [3.05, 3.63) is 45.7 Å². The van der Waals surface area contributed by atoms with Crippen molar-refractivity contribution in [2.45, 2.75) is 6.92 Å². The molecule has 0 amide bonds. The number of rotatable bonds is 2. The van der Waals surface area contributed by atoms with Gasteiger partial charge in [-0.05, 0) is 25.1 Å². The molecule has 0 saturated carbocycles. The highest BCUT2D eigenvalue weighted by atomic mass is 35.5. The number of hydrogen-bond donors (Lipinski definition) is 1. The van der Waals surface area contributed by atoms with Gasteiger partial charge in [-0.2, -0.15) is 5.10 Å². The maximum Gasteiger partial charge on any atom is 0.221 e. The van der Waals surface area contributed by atoms with E-state index in [2.05, 4.69) is 10.1 Å². The molecule has 0 atom stereocenters. The molecule has 0 aliphatic heterocycles. The Morgan fingerprint density at radius 1 is 1.41 bits per heavy atom. The molecule has 0 unspecified atom stereocenters. The van der Waals surface area contributed by atoms with Crippen molar-refractivity contribution in [2.75, 3.05) is 5.73 Å². The molecule has 1 aromatic heterocycles. The lowest BCUT2D eigenvalue weighted by atomic mass is 10.2. The van der Waals surface area contributed by atoms with Gasteiger partial charge in [0.15, 0.2) is 0 Å². The Morgan fingerprint density at radius 3 is 2.82 bits per heavy atom. The van der Waals surface area contributed by atoms with E-state index < -0.39 is 0 Å². The van der Waals surface area contributed by atoms with Gasteiger partial charge in [0.25, 0.3) is 0 Å². The molecule has 6 heteroatoms. The van der Waals surface area contributed by atoms with Crippen LogP contribution in [-0.2, 0) is 0 Å². The highest BCUT2D eigenvalue weighted by Crippen LogP contribution is 2.19. The van der Waals surface area contributed by atoms with Gasteiger partial charge in [0, 0.05) is 15.6 Å². The first-order chi connectivity index (χ1) is 8.06. The first-order valence-corrected chi connectivity index (χ1v) is 5.63. The number of imidazole rings is 1. The van der Waals surface area contributed by atoms with E-state index in [1.54, 1.807) is 30.6 Å². The Morgan fingerprint density at radius 2 is 2.18 bits per heavy atom. The van der Waals surface area contributed by atoms with Crippen LogP contribution in [0.1, 0.15) is 11.3 Å². The van der Waals surface area contributed by atoms with E-state index in [0.29, 0.717) is 16.0 Å². The van der Waals surface area contributed by atoms with Gasteiger partial charge in [-0.3, -0.25) is 0 Å². The third-order valence-electron chi connectivity index (χ3n) is 2.11. The maximum atomic E-state index is 6.00. The monoisotopic (exact) mass is 268 g/mol. The molecule has 0 aliphatic carbocycles. The summed E-state index contributed by atoms with van der Waals surface area (Å²) < 4.78 is 1.48. The lowest BCUT2D eigenvalue weighted by Crippen LogP contribution is -1.97. The summed E-state index contributed by atoms with van der Waals surface area (Å²) in [5.41, 5.74) is 7.18. The van der Waals surface area contributed by atoms with Crippen molar-refractivity contribution < 1.29 is 0 Å². The molecule has 4 nitrogen and oxygen atoms in total. The van der Waals surface area contributed by atoms with Crippen LogP contribution in [0.15, 0.2) is 29.5 Å². The summed E-state index contributed by atoms with van der Waals surface area (Å²) in [6, 6.07) is 5.16. The fourth-order valence-electron chi connectivity index (χ4n) is 1.33. The molecular weight excluding hydrogens is 259 g/mol. The number of nitrogen functional groups attached to an aromatic ring is 1. The second-order valence-electron chi connectivity index (χ2n) is 3.50. The molecule has 1 heterocycles. The molecule has 0 radical (unpaired) electrons. The van der Waals surface area contributed by atoms with Crippen LogP contribution in [0.5, 0.6) is 0 Å². The number of halogens is 2. The number of anilines is 1. The molecule has 17 heavy (non-hydrogen) atoms. The lowest BCUT2D eigenvalue weighted by molar-refractivity contribution is 0.897. The van der Waals surface area contributed by atoms with Crippen LogP contribution in [-0.4, -0.2) is 15.9 Å². The number of aromatic nitrogens is 2. The highest BCUT2D eigenvalue weighted by molar-refractivity contribution is 6.35. The van der Waals surface area contributed by atoms with Crippen LogP contribution in [0.4, 0.5) is 5.95 Å². The predicted molar refractivity (Wildman–Crippen MR) is 70.8 cm³/mol. The Hall–Kier alpha value is -1.52. The Balaban J connectivity index is 2.31. The smallest absolute Gasteiger partial charge is 0.221 e. The van der Waals surface area contributed by atoms with Gasteiger partial charge in [0.05, 0.1) is 18.1 Å². The van der Waals surface area contributed by atoms with Gasteiger partial charge in [-0.25, -0.2) is 9.66 Å². The Kier molecular flexibility index (Phi) is 3.36. The highest BCUT2D eigenvalue weighted by Gasteiger charge is 2.01. The van der Waals surface area contributed by atoms with Crippen molar-refractivity contribution in [1.29, 1.82) is 0 Å². The molecule has 88 valence electrons. The topological polar surface area (TPSA) is 56.2 Å². The lowest BCUT2D eigenvalue weighted by Gasteiger charge is -1.99. The summed E-state index contributed by atoms with van der Waals surface area (Å²) in [6.07, 6.45) is 3.32. The SMILES string of the molecule is Cc1cn(N=Cc2cc(Cl)ccc2Cl)c(N)n1. The molecule has 0 saturated heterocycles. The summed E-state index contributed by atoms with van der Waals surface area (Å²) in [7, 11) is 0. The molecular formula is C11H10Cl2N4. The Labute approximate surface area is 109 Å². The average molecular weight is 269 g/mol. The maximum absolute atomic E-state index is 6.00. The quantitative estimate of drug-likeness (QED) is 0.852. The molecule has 0 spiro atoms. The Bertz CT molecular complexity index is 575. The summed E-state index contributed by atoms with van der Waals surface area (Å²) >= 11 is 11.9. The fraction of sp³-hybridized carbons (Fsp3) is 0.0909. The minimum Gasteiger partial charge on any atom is -0.368 e. The molecule has 0 bridgehead atoms. The minimum atomic E-state index is 0.330. The number of nitrogens with zero attached hydrogens (tertiary/aromatic N) is 3. The van der Waals surface area contributed by atoms with E-state index in [4.69, 9.17) is 28.9 Å². The number of aryl methyl sites for hydroxylation is 1. The number of nitrogens with two attached hydrogens (primary N) is 1. The zero-order chi connectivity index (χ0) is 12.4. The zero-order valence-electron chi connectivity index (χ0n) is 9.06. The largest absolute Gasteiger partial charge is 0.368 e. The van der Waals surface area contributed by atoms with Crippen molar-refractivity contribution >= 4 is 35.4 Å². The van der Waals surface area contributed by atoms with Crippen molar-refractivity contribution in [3.63, 3.8) is 0 Å². The van der Waals surface area contributed by atoms with Gasteiger partial charge in [0.2, 0.25) is 5.95 Å². The van der Waals surface area contributed by atoms with Gasteiger partial charge in [-0.1, -0.05) is 23.2 Å². The fourth-order valence-corrected chi connectivity index (χ4v) is 1.68. The first kappa shape index (κ1) is 12.0. The van der Waals surface area contributed by atoms with E-state index in [9.17, 15) is 0 Å². The summed E-state index contributed by atoms with van der Waals surface area (Å²) in [5, 5.41) is 5.34. The van der Waals surface area contributed by atoms with E-state index in [1.165, 1.54) is 4.68 Å². The van der Waals surface area contributed by atoms with E-state index >= 15 is 0 Å². The summed E-state index contributed by atoms with van der Waals surface area (Å²) in [6.45, 7) is 1.84. The van der Waals surface area contributed by atoms with Gasteiger partial charge >= 0.3 is 0 Å². The normalized spacial score (nSPS) is 11.2. The standard InChI is InChI=1S/C11H10Cl2N4/c1-7-6-17(11(14)16-7)15-5-8-4-9(12)2-3-10(8)13/h2-6H,1H3,(H2,14,16). The third-order valence-corrected chi connectivity index (χ3v) is 2.69. The van der Waals surface area contributed by atoms with Crippen molar-refractivity contribution in [1.82, 2.24) is 9.66 Å². The second kappa shape index (κ2) is 4.77. The van der Waals surface area contributed by atoms with E-state index in [1.807, 2.05) is 6.92 Å². The number of benzene rings is 1. The van der Waals surface area contributed by atoms with Crippen LogP contribution in [0.25, 0.3) is 0 Å². The van der Waals surface area contributed by atoms with E-state index in [0.717, 1.165) is 11.3 Å². The molecule has 2 N–H and O–H groups in total. The second-order valence-corrected chi connectivity index (χ2v) is 4.34. The summed E-state index contributed by atoms with van der Waals surface area (Å²) in [5.74, 6) is 0.330. The van der Waals surface area contributed by atoms with Crippen LogP contribution in [0.3, 0.4) is 0 Å². The van der Waals surface area contributed by atoms with Crippen molar-refractivity contribution in [3.8, 4) is 0 Å². The van der Waals surface area contributed by atoms with Crippen LogP contribution < -0.4 is 5.73 Å². The number of hydrogen-bond acceptors (Lipinski definition) is 3.